The lowest BCUT2D eigenvalue weighted by atomic mass is 10.1. The van der Waals surface area contributed by atoms with E-state index < -0.39 is 5.56 Å². The van der Waals surface area contributed by atoms with Crippen molar-refractivity contribution in [1.29, 1.82) is 0 Å². The SMILES string of the molecule is CC(=O)c1ccc(-c2ccc(/C=c3/sc4nc(=O)c(Cc5ccc(C)cc5)nn4c3=O)o2)cc1. The molecule has 0 radical (unpaired) electrons. The third-order valence-electron chi connectivity index (χ3n) is 5.42. The van der Waals surface area contributed by atoms with Crippen LogP contribution in [0.1, 0.15) is 39.9 Å². The Bertz CT molecular complexity index is 1690. The zero-order chi connectivity index (χ0) is 23.8. The molecule has 0 aliphatic heterocycles. The average molecular weight is 470 g/mol. The fraction of sp³-hybridized carbons (Fsp3) is 0.115. The number of aryl methyl sites for hydroxylation is 1. The molecule has 0 aliphatic carbocycles. The molecule has 5 rings (SSSR count). The second-order valence-electron chi connectivity index (χ2n) is 7.97. The highest BCUT2D eigenvalue weighted by Gasteiger charge is 2.12. The largest absolute Gasteiger partial charge is 0.457 e. The van der Waals surface area contributed by atoms with Crippen LogP contribution in [-0.4, -0.2) is 20.4 Å². The van der Waals surface area contributed by atoms with Crippen molar-refractivity contribution in [3.8, 4) is 11.3 Å². The number of carbonyl (C=O) groups is 1. The topological polar surface area (TPSA) is 94.5 Å². The molecule has 2 aromatic carbocycles. The molecule has 0 unspecified atom stereocenters. The summed E-state index contributed by atoms with van der Waals surface area (Å²) in [6.07, 6.45) is 1.91. The Labute approximate surface area is 197 Å². The lowest BCUT2D eigenvalue weighted by molar-refractivity contribution is 0.101. The van der Waals surface area contributed by atoms with Crippen molar-refractivity contribution in [2.45, 2.75) is 20.3 Å². The fourth-order valence-electron chi connectivity index (χ4n) is 3.54. The van der Waals surface area contributed by atoms with Crippen molar-refractivity contribution in [1.82, 2.24) is 14.6 Å². The van der Waals surface area contributed by atoms with Gasteiger partial charge in [-0.05, 0) is 31.5 Å². The maximum Gasteiger partial charge on any atom is 0.296 e. The molecule has 0 N–H and O–H groups in total. The number of aromatic nitrogens is 3. The number of furan rings is 1. The molecule has 0 aliphatic rings. The number of ketones is 1. The van der Waals surface area contributed by atoms with E-state index >= 15 is 0 Å². The minimum Gasteiger partial charge on any atom is -0.457 e. The van der Waals surface area contributed by atoms with Gasteiger partial charge in [-0.15, -0.1) is 0 Å². The second-order valence-corrected chi connectivity index (χ2v) is 8.98. The first kappa shape index (κ1) is 21.7. The summed E-state index contributed by atoms with van der Waals surface area (Å²) < 4.78 is 7.41. The van der Waals surface area contributed by atoms with Crippen molar-refractivity contribution in [2.24, 2.45) is 0 Å². The molecular weight excluding hydrogens is 450 g/mol. The maximum atomic E-state index is 12.9. The van der Waals surface area contributed by atoms with Crippen LogP contribution in [0.25, 0.3) is 22.4 Å². The standard InChI is InChI=1S/C26H19N3O4S/c1-15-3-5-17(6-4-15)13-21-24(31)27-26-29(28-21)25(32)23(34-26)14-20-11-12-22(33-20)19-9-7-18(8-10-19)16(2)30/h3-12,14H,13H2,1-2H3/b23-14+. The summed E-state index contributed by atoms with van der Waals surface area (Å²) in [4.78, 5) is 41.2. The van der Waals surface area contributed by atoms with E-state index in [4.69, 9.17) is 4.42 Å². The lowest BCUT2D eigenvalue weighted by Crippen LogP contribution is -2.28. The summed E-state index contributed by atoms with van der Waals surface area (Å²) in [7, 11) is 0. The Morgan fingerprint density at radius 2 is 1.76 bits per heavy atom. The number of hydrogen-bond acceptors (Lipinski definition) is 7. The molecule has 168 valence electrons. The molecule has 0 spiro atoms. The number of nitrogens with zero attached hydrogens (tertiary/aromatic N) is 3. The van der Waals surface area contributed by atoms with Crippen LogP contribution in [0.2, 0.25) is 0 Å². The van der Waals surface area contributed by atoms with Crippen LogP contribution in [0.3, 0.4) is 0 Å². The zero-order valence-electron chi connectivity index (χ0n) is 18.4. The van der Waals surface area contributed by atoms with Crippen LogP contribution in [-0.2, 0) is 6.42 Å². The van der Waals surface area contributed by atoms with Crippen LogP contribution >= 0.6 is 11.3 Å². The highest BCUT2D eigenvalue weighted by Crippen LogP contribution is 2.23. The third kappa shape index (κ3) is 4.23. The van der Waals surface area contributed by atoms with Crippen LogP contribution in [0, 0.1) is 6.92 Å². The highest BCUT2D eigenvalue weighted by atomic mass is 32.1. The van der Waals surface area contributed by atoms with E-state index in [2.05, 4.69) is 10.1 Å². The molecule has 8 heteroatoms. The molecule has 0 atom stereocenters. The maximum absolute atomic E-state index is 12.9. The van der Waals surface area contributed by atoms with Crippen molar-refractivity contribution >= 4 is 28.2 Å². The summed E-state index contributed by atoms with van der Waals surface area (Å²) in [5.74, 6) is 1.09. The minimum atomic E-state index is -0.442. The van der Waals surface area contributed by atoms with Gasteiger partial charge in [0, 0.05) is 23.6 Å². The number of hydrogen-bond donors (Lipinski definition) is 0. The summed E-state index contributed by atoms with van der Waals surface area (Å²) in [6.45, 7) is 3.51. The van der Waals surface area contributed by atoms with Crippen LogP contribution in [0.5, 0.6) is 0 Å². The van der Waals surface area contributed by atoms with E-state index in [1.807, 2.05) is 43.3 Å². The van der Waals surface area contributed by atoms with Gasteiger partial charge in [0.05, 0.1) is 0 Å². The van der Waals surface area contributed by atoms with Gasteiger partial charge in [-0.3, -0.25) is 14.4 Å². The molecule has 34 heavy (non-hydrogen) atoms. The lowest BCUT2D eigenvalue weighted by Gasteiger charge is -2.01. The first-order valence-corrected chi connectivity index (χ1v) is 11.4. The molecule has 0 saturated carbocycles. The van der Waals surface area contributed by atoms with Crippen LogP contribution in [0.4, 0.5) is 0 Å². The number of rotatable bonds is 5. The summed E-state index contributed by atoms with van der Waals surface area (Å²) >= 11 is 1.08. The number of benzene rings is 2. The van der Waals surface area contributed by atoms with E-state index in [1.165, 1.54) is 11.4 Å². The van der Waals surface area contributed by atoms with E-state index in [1.54, 1.807) is 30.3 Å². The quantitative estimate of drug-likeness (QED) is 0.366. The van der Waals surface area contributed by atoms with Gasteiger partial charge in [0.15, 0.2) is 5.78 Å². The normalized spacial score (nSPS) is 11.9. The van der Waals surface area contributed by atoms with Crippen molar-refractivity contribution in [2.75, 3.05) is 0 Å². The first-order valence-electron chi connectivity index (χ1n) is 10.6. The fourth-order valence-corrected chi connectivity index (χ4v) is 4.42. The highest BCUT2D eigenvalue weighted by molar-refractivity contribution is 7.15. The molecule has 3 heterocycles. The molecule has 0 bridgehead atoms. The molecule has 0 amide bonds. The molecule has 3 aromatic heterocycles. The van der Waals surface area contributed by atoms with E-state index in [-0.39, 0.29) is 22.0 Å². The summed E-state index contributed by atoms with van der Waals surface area (Å²) in [5, 5.41) is 4.29. The number of carbonyl (C=O) groups excluding carboxylic acids is 1. The van der Waals surface area contributed by atoms with E-state index in [0.717, 1.165) is 28.0 Å². The predicted octanol–water partition coefficient (Wildman–Crippen LogP) is 3.42. The number of thiazole rings is 1. The van der Waals surface area contributed by atoms with Gasteiger partial charge in [-0.25, -0.2) is 0 Å². The Hall–Kier alpha value is -4.17. The Morgan fingerprint density at radius 3 is 2.47 bits per heavy atom. The van der Waals surface area contributed by atoms with Gasteiger partial charge in [-0.1, -0.05) is 65.4 Å². The molecular formula is C26H19N3O4S. The summed E-state index contributed by atoms with van der Waals surface area (Å²) in [6, 6.07) is 18.4. The number of Topliss-reactive ketones (excluding diaryl/α,β-unsaturated/α-hetero) is 1. The summed E-state index contributed by atoms with van der Waals surface area (Å²) in [5.41, 5.74) is 2.90. The average Bonchev–Trinajstić information content (AvgIpc) is 3.41. The van der Waals surface area contributed by atoms with Gasteiger partial charge < -0.3 is 4.42 Å². The van der Waals surface area contributed by atoms with Crippen LogP contribution in [0.15, 0.2) is 74.7 Å². The molecule has 0 saturated heterocycles. The Kier molecular flexibility index (Phi) is 5.51. The minimum absolute atomic E-state index is 0.00395. The van der Waals surface area contributed by atoms with Gasteiger partial charge >= 0.3 is 0 Å². The third-order valence-corrected chi connectivity index (χ3v) is 6.38. The van der Waals surface area contributed by atoms with Crippen molar-refractivity contribution in [3.63, 3.8) is 0 Å². The predicted molar refractivity (Wildman–Crippen MR) is 130 cm³/mol. The van der Waals surface area contributed by atoms with Gasteiger partial charge in [0.25, 0.3) is 11.1 Å². The zero-order valence-corrected chi connectivity index (χ0v) is 19.3. The molecule has 5 aromatic rings. The van der Waals surface area contributed by atoms with Gasteiger partial charge in [0.2, 0.25) is 4.96 Å². The smallest absolute Gasteiger partial charge is 0.296 e. The van der Waals surface area contributed by atoms with E-state index in [0.29, 0.717) is 28.0 Å². The molecule has 7 nitrogen and oxygen atoms in total. The molecule has 0 fully saturated rings. The Morgan fingerprint density at radius 1 is 1.03 bits per heavy atom. The first-order chi connectivity index (χ1) is 16.4. The van der Waals surface area contributed by atoms with Crippen molar-refractivity contribution < 1.29 is 9.21 Å². The van der Waals surface area contributed by atoms with Gasteiger partial charge in [0.1, 0.15) is 21.7 Å². The number of fused-ring (bicyclic) bond motifs is 1. The Balaban J connectivity index is 1.48. The van der Waals surface area contributed by atoms with Gasteiger partial charge in [-0.2, -0.15) is 14.6 Å². The van der Waals surface area contributed by atoms with Crippen molar-refractivity contribution in [3.05, 3.63) is 114 Å². The van der Waals surface area contributed by atoms with Crippen LogP contribution < -0.4 is 15.7 Å². The van der Waals surface area contributed by atoms with E-state index in [9.17, 15) is 14.4 Å². The second kappa shape index (κ2) is 8.64. The monoisotopic (exact) mass is 469 g/mol.